The first-order chi connectivity index (χ1) is 14.3. The number of methoxy groups -OCH3 is 1. The van der Waals surface area contributed by atoms with Crippen LogP contribution in [0.25, 0.3) is 0 Å². The normalized spacial score (nSPS) is 15.8. The number of nitrogens with zero attached hydrogens (tertiary/aromatic N) is 2. The molecule has 1 amide bonds. The number of halogens is 3. The molecule has 5 nitrogen and oxygen atoms in total. The van der Waals surface area contributed by atoms with E-state index in [-0.39, 0.29) is 17.8 Å². The van der Waals surface area contributed by atoms with Crippen molar-refractivity contribution >= 4 is 11.6 Å². The van der Waals surface area contributed by atoms with Crippen LogP contribution in [0.4, 0.5) is 18.9 Å². The molecule has 0 saturated carbocycles. The summed E-state index contributed by atoms with van der Waals surface area (Å²) in [6.45, 7) is 6.44. The number of alkyl halides is 3. The van der Waals surface area contributed by atoms with Crippen molar-refractivity contribution in [1.29, 1.82) is 0 Å². The average molecular weight is 421 g/mol. The van der Waals surface area contributed by atoms with Crippen molar-refractivity contribution in [1.82, 2.24) is 9.80 Å². The van der Waals surface area contributed by atoms with Crippen LogP contribution in [0.15, 0.2) is 42.5 Å². The molecule has 0 bridgehead atoms. The fraction of sp³-hybridized carbons (Fsp3) is 0.409. The lowest BCUT2D eigenvalue weighted by Crippen LogP contribution is -2.45. The maximum Gasteiger partial charge on any atom is 0.416 e. The molecule has 0 atom stereocenters. The van der Waals surface area contributed by atoms with Gasteiger partial charge in [-0.15, -0.1) is 0 Å². The second-order valence-corrected chi connectivity index (χ2v) is 7.27. The number of piperazine rings is 1. The molecule has 0 aromatic heterocycles. The van der Waals surface area contributed by atoms with Crippen LogP contribution >= 0.6 is 0 Å². The summed E-state index contributed by atoms with van der Waals surface area (Å²) in [7, 11) is 1.48. The summed E-state index contributed by atoms with van der Waals surface area (Å²) in [6.07, 6.45) is -4.50. The number of carbonyl (C=O) groups excluding carboxylic acids is 1. The van der Waals surface area contributed by atoms with Crippen LogP contribution in [-0.2, 0) is 12.7 Å². The van der Waals surface area contributed by atoms with Gasteiger partial charge in [0.2, 0.25) is 0 Å². The predicted octanol–water partition coefficient (Wildman–Crippen LogP) is 4.10. The second kappa shape index (κ2) is 9.49. The lowest BCUT2D eigenvalue weighted by atomic mass is 10.0. The summed E-state index contributed by atoms with van der Waals surface area (Å²) >= 11 is 0. The minimum Gasteiger partial charge on any atom is -0.497 e. The summed E-state index contributed by atoms with van der Waals surface area (Å²) in [5.41, 5.74) is -0.0915. The van der Waals surface area contributed by atoms with Gasteiger partial charge in [0.25, 0.3) is 5.91 Å². The summed E-state index contributed by atoms with van der Waals surface area (Å²) in [5.74, 6) is 0.00242. The molecule has 2 aromatic carbocycles. The number of amides is 1. The lowest BCUT2D eigenvalue weighted by Gasteiger charge is -2.34. The van der Waals surface area contributed by atoms with Gasteiger partial charge in [-0.25, -0.2) is 0 Å². The van der Waals surface area contributed by atoms with Gasteiger partial charge in [0, 0.05) is 44.0 Å². The Morgan fingerprint density at radius 1 is 1.07 bits per heavy atom. The fourth-order valence-corrected chi connectivity index (χ4v) is 3.53. The highest BCUT2D eigenvalue weighted by Gasteiger charge is 2.34. The van der Waals surface area contributed by atoms with E-state index in [1.165, 1.54) is 25.3 Å². The topological polar surface area (TPSA) is 44.8 Å². The number of nitrogens with one attached hydrogen (secondary N) is 1. The Hall–Kier alpha value is -2.58. The number of rotatable bonds is 6. The van der Waals surface area contributed by atoms with Crippen LogP contribution in [0, 0.1) is 0 Å². The minimum atomic E-state index is -4.50. The summed E-state index contributed by atoms with van der Waals surface area (Å²) in [6, 6.07) is 10.4. The Kier molecular flexibility index (Phi) is 6.99. The average Bonchev–Trinajstić information content (AvgIpc) is 2.74. The summed E-state index contributed by atoms with van der Waals surface area (Å²) < 4.78 is 46.2. The molecule has 162 valence electrons. The Bertz CT molecular complexity index is 878. The number of ether oxygens (including phenoxy) is 1. The molecule has 0 radical (unpaired) electrons. The number of likely N-dealkylation sites (N-methyl/N-ethyl adjacent to an activating group) is 1. The quantitative estimate of drug-likeness (QED) is 0.763. The highest BCUT2D eigenvalue weighted by molar-refractivity contribution is 6.04. The van der Waals surface area contributed by atoms with Crippen LogP contribution in [0.1, 0.15) is 28.4 Å². The second-order valence-electron chi connectivity index (χ2n) is 7.27. The number of anilines is 1. The van der Waals surface area contributed by atoms with Crippen LogP contribution in [-0.4, -0.2) is 55.5 Å². The van der Waals surface area contributed by atoms with E-state index in [1.54, 1.807) is 18.2 Å². The zero-order valence-corrected chi connectivity index (χ0v) is 17.1. The molecule has 3 rings (SSSR count). The molecule has 1 aliphatic rings. The van der Waals surface area contributed by atoms with Crippen molar-refractivity contribution in [2.24, 2.45) is 0 Å². The van der Waals surface area contributed by atoms with Gasteiger partial charge in [-0.1, -0.05) is 19.1 Å². The molecular formula is C22H26F3N3O2. The highest BCUT2D eigenvalue weighted by atomic mass is 19.4. The Labute approximate surface area is 174 Å². The smallest absolute Gasteiger partial charge is 0.416 e. The molecule has 1 aliphatic heterocycles. The van der Waals surface area contributed by atoms with Gasteiger partial charge in [0.15, 0.2) is 0 Å². The summed E-state index contributed by atoms with van der Waals surface area (Å²) in [5, 5.41) is 2.55. The van der Waals surface area contributed by atoms with Crippen molar-refractivity contribution in [2.75, 3.05) is 45.2 Å². The van der Waals surface area contributed by atoms with E-state index < -0.39 is 17.6 Å². The Morgan fingerprint density at radius 3 is 2.40 bits per heavy atom. The van der Waals surface area contributed by atoms with Crippen molar-refractivity contribution in [3.05, 3.63) is 59.2 Å². The van der Waals surface area contributed by atoms with Gasteiger partial charge in [0.1, 0.15) is 5.75 Å². The fourth-order valence-electron chi connectivity index (χ4n) is 3.53. The molecule has 1 fully saturated rings. The number of benzene rings is 2. The van der Waals surface area contributed by atoms with Crippen molar-refractivity contribution in [3.63, 3.8) is 0 Å². The first kappa shape index (κ1) is 22.1. The SMILES string of the molecule is CCN1CCN(Cc2ccc(NC(=O)c3cccc(OC)c3)cc2C(F)(F)F)CC1. The van der Waals surface area contributed by atoms with Crippen LogP contribution in [0.2, 0.25) is 0 Å². The molecule has 0 aliphatic carbocycles. The number of carbonyl (C=O) groups is 1. The van der Waals surface area contributed by atoms with Gasteiger partial charge in [0.05, 0.1) is 12.7 Å². The number of hydrogen-bond donors (Lipinski definition) is 1. The highest BCUT2D eigenvalue weighted by Crippen LogP contribution is 2.34. The van der Waals surface area contributed by atoms with Gasteiger partial charge >= 0.3 is 6.18 Å². The van der Waals surface area contributed by atoms with Crippen LogP contribution < -0.4 is 10.1 Å². The van der Waals surface area contributed by atoms with Gasteiger partial charge in [-0.2, -0.15) is 13.2 Å². The molecule has 1 heterocycles. The molecular weight excluding hydrogens is 395 g/mol. The zero-order valence-electron chi connectivity index (χ0n) is 17.1. The van der Waals surface area contributed by atoms with Gasteiger partial charge in [-0.3, -0.25) is 9.69 Å². The molecule has 0 unspecified atom stereocenters. The van der Waals surface area contributed by atoms with Crippen molar-refractivity contribution in [3.8, 4) is 5.75 Å². The largest absolute Gasteiger partial charge is 0.497 e. The standard InChI is InChI=1S/C22H26F3N3O2/c1-3-27-9-11-28(12-10-27)15-17-7-8-18(14-20(17)22(23,24)25)26-21(29)16-5-4-6-19(13-16)30-2/h4-8,13-14H,3,9-12,15H2,1-2H3,(H,26,29). The van der Waals surface area contributed by atoms with E-state index in [1.807, 2.05) is 4.90 Å². The molecule has 1 saturated heterocycles. The third kappa shape index (κ3) is 5.52. The van der Waals surface area contributed by atoms with E-state index in [2.05, 4.69) is 17.1 Å². The molecule has 2 aromatic rings. The van der Waals surface area contributed by atoms with E-state index in [0.717, 1.165) is 38.8 Å². The van der Waals surface area contributed by atoms with E-state index >= 15 is 0 Å². The van der Waals surface area contributed by atoms with E-state index in [9.17, 15) is 18.0 Å². The minimum absolute atomic E-state index is 0.106. The molecule has 8 heteroatoms. The number of hydrogen-bond acceptors (Lipinski definition) is 4. The molecule has 1 N–H and O–H groups in total. The Morgan fingerprint density at radius 2 is 1.77 bits per heavy atom. The molecule has 30 heavy (non-hydrogen) atoms. The summed E-state index contributed by atoms with van der Waals surface area (Å²) in [4.78, 5) is 16.8. The van der Waals surface area contributed by atoms with Gasteiger partial charge < -0.3 is 15.0 Å². The monoisotopic (exact) mass is 421 g/mol. The van der Waals surface area contributed by atoms with Crippen LogP contribution in [0.3, 0.4) is 0 Å². The lowest BCUT2D eigenvalue weighted by molar-refractivity contribution is -0.138. The first-order valence-electron chi connectivity index (χ1n) is 9.90. The third-order valence-electron chi connectivity index (χ3n) is 5.31. The predicted molar refractivity (Wildman–Crippen MR) is 110 cm³/mol. The molecule has 0 spiro atoms. The van der Waals surface area contributed by atoms with Gasteiger partial charge in [-0.05, 0) is 42.4 Å². The Balaban J connectivity index is 1.76. The van der Waals surface area contributed by atoms with Crippen molar-refractivity contribution in [2.45, 2.75) is 19.6 Å². The maximum absolute atomic E-state index is 13.7. The van der Waals surface area contributed by atoms with Crippen LogP contribution in [0.5, 0.6) is 5.75 Å². The third-order valence-corrected chi connectivity index (χ3v) is 5.31. The zero-order chi connectivity index (χ0) is 21.7. The van der Waals surface area contributed by atoms with Crippen molar-refractivity contribution < 1.29 is 22.7 Å². The van der Waals surface area contributed by atoms with E-state index in [0.29, 0.717) is 11.3 Å². The van der Waals surface area contributed by atoms with E-state index in [4.69, 9.17) is 4.74 Å². The maximum atomic E-state index is 13.7. The first-order valence-corrected chi connectivity index (χ1v) is 9.90.